The molecule has 3 aromatic rings. The molecule has 2 unspecified atom stereocenters. The van der Waals surface area contributed by atoms with E-state index in [2.05, 4.69) is 10.3 Å². The van der Waals surface area contributed by atoms with Gasteiger partial charge in [0.25, 0.3) is 0 Å². The number of imidazole rings is 1. The molecule has 5 rings (SSSR count). The number of aromatic nitrogens is 2. The van der Waals surface area contributed by atoms with Gasteiger partial charge in [0.15, 0.2) is 0 Å². The van der Waals surface area contributed by atoms with Gasteiger partial charge in [-0.25, -0.2) is 9.37 Å². The highest BCUT2D eigenvalue weighted by molar-refractivity contribution is 6.31. The third-order valence-electron chi connectivity index (χ3n) is 5.09. The second kappa shape index (κ2) is 5.62. The fraction of sp³-hybridized carbons (Fsp3) is 0.278. The van der Waals surface area contributed by atoms with Crippen molar-refractivity contribution in [3.05, 3.63) is 58.1 Å². The Labute approximate surface area is 151 Å². The Balaban J connectivity index is 1.76. The number of fused-ring (bicyclic) bond motifs is 9. The molecule has 2 aromatic carbocycles. The Bertz CT molecular complexity index is 1040. The predicted molar refractivity (Wildman–Crippen MR) is 90.1 cm³/mol. The smallest absolute Gasteiger partial charge is 0.387 e. The Hall–Kier alpha value is -2.25. The molecule has 0 fully saturated rings. The van der Waals surface area contributed by atoms with Gasteiger partial charge < -0.3 is 14.6 Å². The van der Waals surface area contributed by atoms with Crippen molar-refractivity contribution in [2.24, 2.45) is 0 Å². The summed E-state index contributed by atoms with van der Waals surface area (Å²) in [4.78, 5) is 4.56. The first-order chi connectivity index (χ1) is 12.5. The molecule has 0 radical (unpaired) electrons. The van der Waals surface area contributed by atoms with E-state index in [-0.39, 0.29) is 22.9 Å². The number of alkyl halides is 2. The second-order valence-electron chi connectivity index (χ2n) is 6.49. The quantitative estimate of drug-likeness (QED) is 0.709. The van der Waals surface area contributed by atoms with E-state index in [1.165, 1.54) is 12.1 Å². The van der Waals surface area contributed by atoms with E-state index < -0.39 is 12.4 Å². The molecule has 1 N–H and O–H groups in total. The van der Waals surface area contributed by atoms with Crippen molar-refractivity contribution < 1.29 is 17.9 Å². The molecule has 2 aliphatic heterocycles. The van der Waals surface area contributed by atoms with E-state index in [1.807, 2.05) is 10.6 Å². The summed E-state index contributed by atoms with van der Waals surface area (Å²) in [5.74, 6) is 0.381. The van der Waals surface area contributed by atoms with Crippen molar-refractivity contribution >= 4 is 22.6 Å². The van der Waals surface area contributed by atoms with Crippen LogP contribution < -0.4 is 10.1 Å². The first-order valence-corrected chi connectivity index (χ1v) is 8.57. The van der Waals surface area contributed by atoms with Crippen molar-refractivity contribution in [2.45, 2.75) is 31.7 Å². The average molecular weight is 380 g/mol. The zero-order chi connectivity index (χ0) is 18.0. The van der Waals surface area contributed by atoms with E-state index in [0.29, 0.717) is 29.6 Å². The van der Waals surface area contributed by atoms with Crippen LogP contribution in [-0.2, 0) is 6.54 Å². The van der Waals surface area contributed by atoms with Gasteiger partial charge in [0.05, 0.1) is 28.1 Å². The predicted octanol–water partition coefficient (Wildman–Crippen LogP) is 4.57. The summed E-state index contributed by atoms with van der Waals surface area (Å²) >= 11 is 5.97. The SMILES string of the molecule is Fc1cc2nc3n(c2cc1Cl)C1CC3NCc2cccc(OC(F)F)c21. The lowest BCUT2D eigenvalue weighted by Crippen LogP contribution is -2.20. The molecule has 0 saturated heterocycles. The van der Waals surface area contributed by atoms with Crippen LogP contribution in [0.5, 0.6) is 5.75 Å². The summed E-state index contributed by atoms with van der Waals surface area (Å²) in [5.41, 5.74) is 2.78. The number of hydrogen-bond donors (Lipinski definition) is 1. The van der Waals surface area contributed by atoms with E-state index >= 15 is 0 Å². The largest absolute Gasteiger partial charge is 0.434 e. The van der Waals surface area contributed by atoms with Crippen LogP contribution in [0.15, 0.2) is 30.3 Å². The van der Waals surface area contributed by atoms with Gasteiger partial charge in [-0.3, -0.25) is 0 Å². The molecule has 1 aromatic heterocycles. The van der Waals surface area contributed by atoms with E-state index in [4.69, 9.17) is 16.3 Å². The molecule has 2 atom stereocenters. The lowest BCUT2D eigenvalue weighted by Gasteiger charge is -2.21. The maximum atomic E-state index is 13.8. The number of rotatable bonds is 2. The summed E-state index contributed by atoms with van der Waals surface area (Å²) in [6, 6.07) is 7.70. The lowest BCUT2D eigenvalue weighted by atomic mass is 9.98. The molecule has 8 heteroatoms. The fourth-order valence-corrected chi connectivity index (χ4v) is 4.25. The van der Waals surface area contributed by atoms with Crippen molar-refractivity contribution in [3.63, 3.8) is 0 Å². The van der Waals surface area contributed by atoms with Crippen molar-refractivity contribution in [1.82, 2.24) is 14.9 Å². The number of halogens is 4. The highest BCUT2D eigenvalue weighted by atomic mass is 35.5. The molecule has 2 bridgehead atoms. The standard InChI is InChI=1S/C18H13ClF3N3O/c19-9-4-13-11(5-10(9)20)24-17-12-6-14(25(13)17)16-8(7-23-12)2-1-3-15(16)26-18(21)22/h1-5,12,14,18,23H,6-7H2. The number of ether oxygens (including phenoxy) is 1. The number of benzene rings is 2. The molecule has 0 saturated carbocycles. The third-order valence-corrected chi connectivity index (χ3v) is 5.38. The highest BCUT2D eigenvalue weighted by Gasteiger charge is 2.39. The average Bonchev–Trinajstić information content (AvgIpc) is 3.02. The zero-order valence-corrected chi connectivity index (χ0v) is 14.1. The van der Waals surface area contributed by atoms with Crippen LogP contribution in [0.2, 0.25) is 5.02 Å². The van der Waals surface area contributed by atoms with Gasteiger partial charge in [0.2, 0.25) is 0 Å². The Kier molecular flexibility index (Phi) is 3.45. The van der Waals surface area contributed by atoms with Crippen LogP contribution >= 0.6 is 11.6 Å². The van der Waals surface area contributed by atoms with Gasteiger partial charge in [0, 0.05) is 18.2 Å². The highest BCUT2D eigenvalue weighted by Crippen LogP contribution is 2.47. The van der Waals surface area contributed by atoms with Gasteiger partial charge in [-0.05, 0) is 24.1 Å². The molecule has 0 amide bonds. The van der Waals surface area contributed by atoms with Crippen LogP contribution in [0.3, 0.4) is 0 Å². The fourth-order valence-electron chi connectivity index (χ4n) is 4.09. The summed E-state index contributed by atoms with van der Waals surface area (Å²) in [6.07, 6.45) is 0.657. The zero-order valence-electron chi connectivity index (χ0n) is 13.3. The van der Waals surface area contributed by atoms with Crippen molar-refractivity contribution in [3.8, 4) is 5.75 Å². The summed E-state index contributed by atoms with van der Waals surface area (Å²) in [7, 11) is 0. The molecule has 0 spiro atoms. The minimum atomic E-state index is -2.91. The minimum absolute atomic E-state index is 0.00441. The Morgan fingerprint density at radius 1 is 1.31 bits per heavy atom. The molecule has 2 aliphatic rings. The van der Waals surface area contributed by atoms with Gasteiger partial charge in [-0.15, -0.1) is 0 Å². The molecular weight excluding hydrogens is 367 g/mol. The van der Waals surface area contributed by atoms with Crippen LogP contribution in [0.1, 0.15) is 35.5 Å². The maximum absolute atomic E-state index is 13.8. The number of nitrogens with zero attached hydrogens (tertiary/aromatic N) is 2. The van der Waals surface area contributed by atoms with Gasteiger partial charge in [-0.2, -0.15) is 8.78 Å². The number of hydrogen-bond acceptors (Lipinski definition) is 3. The Morgan fingerprint density at radius 3 is 2.96 bits per heavy atom. The van der Waals surface area contributed by atoms with Crippen molar-refractivity contribution in [2.75, 3.05) is 0 Å². The monoisotopic (exact) mass is 379 g/mol. The molecule has 0 aliphatic carbocycles. The van der Waals surface area contributed by atoms with E-state index in [1.54, 1.807) is 12.1 Å². The van der Waals surface area contributed by atoms with E-state index in [9.17, 15) is 13.2 Å². The number of nitrogens with one attached hydrogen (secondary N) is 1. The summed E-state index contributed by atoms with van der Waals surface area (Å²) < 4.78 is 46.4. The van der Waals surface area contributed by atoms with Crippen LogP contribution in [0, 0.1) is 5.82 Å². The summed E-state index contributed by atoms with van der Waals surface area (Å²) in [5, 5.41) is 3.41. The van der Waals surface area contributed by atoms with E-state index in [0.717, 1.165) is 11.4 Å². The minimum Gasteiger partial charge on any atom is -0.434 e. The molecule has 26 heavy (non-hydrogen) atoms. The first-order valence-electron chi connectivity index (χ1n) is 8.20. The van der Waals surface area contributed by atoms with Crippen LogP contribution in [-0.4, -0.2) is 16.2 Å². The van der Waals surface area contributed by atoms with Crippen LogP contribution in [0.25, 0.3) is 11.0 Å². The van der Waals surface area contributed by atoms with Gasteiger partial charge in [-0.1, -0.05) is 23.7 Å². The third kappa shape index (κ3) is 2.23. The first kappa shape index (κ1) is 16.0. The maximum Gasteiger partial charge on any atom is 0.387 e. The normalized spacial score (nSPS) is 21.0. The summed E-state index contributed by atoms with van der Waals surface area (Å²) in [6.45, 7) is -2.38. The topological polar surface area (TPSA) is 39.1 Å². The molecular formula is C18H13ClF3N3O. The van der Waals surface area contributed by atoms with Gasteiger partial charge >= 0.3 is 6.61 Å². The molecule has 4 nitrogen and oxygen atoms in total. The lowest BCUT2D eigenvalue weighted by molar-refractivity contribution is -0.0507. The molecule has 3 heterocycles. The Morgan fingerprint density at radius 2 is 2.15 bits per heavy atom. The second-order valence-corrected chi connectivity index (χ2v) is 6.89. The van der Waals surface area contributed by atoms with Crippen LogP contribution in [0.4, 0.5) is 13.2 Å². The van der Waals surface area contributed by atoms with Gasteiger partial charge in [0.1, 0.15) is 17.4 Å². The molecule has 134 valence electrons. The van der Waals surface area contributed by atoms with Crippen molar-refractivity contribution in [1.29, 1.82) is 0 Å².